The number of unbranched alkanes of at least 4 members (excludes halogenated alkanes) is 1. The third kappa shape index (κ3) is 3.70. The number of pyridine rings is 1. The Kier molecular flexibility index (Phi) is 5.58. The third-order valence-electron chi connectivity index (χ3n) is 2.85. The zero-order chi connectivity index (χ0) is 13.5. The molecule has 5 heteroatoms. The summed E-state index contributed by atoms with van der Waals surface area (Å²) in [4.78, 5) is 23.7. The zero-order valence-electron chi connectivity index (χ0n) is 11.0. The fourth-order valence-electron chi connectivity index (χ4n) is 1.67. The molecule has 0 bridgehead atoms. The highest BCUT2D eigenvalue weighted by molar-refractivity contribution is 5.75. The first-order chi connectivity index (χ1) is 8.60. The van der Waals surface area contributed by atoms with Gasteiger partial charge in [0.05, 0.1) is 0 Å². The number of carbonyl (C=O) groups is 1. The van der Waals surface area contributed by atoms with E-state index in [2.05, 4.69) is 12.2 Å². The van der Waals surface area contributed by atoms with Gasteiger partial charge < -0.3 is 15.6 Å². The molecule has 5 nitrogen and oxygen atoms in total. The number of nitrogens with two attached hydrogens (primary N) is 1. The van der Waals surface area contributed by atoms with Gasteiger partial charge in [-0.3, -0.25) is 9.59 Å². The lowest BCUT2D eigenvalue weighted by Gasteiger charge is -2.11. The fourth-order valence-corrected chi connectivity index (χ4v) is 1.67. The quantitative estimate of drug-likeness (QED) is 0.724. The minimum atomic E-state index is -0.178. The molecule has 0 fully saturated rings. The predicted molar refractivity (Wildman–Crippen MR) is 71.2 cm³/mol. The lowest BCUT2D eigenvalue weighted by Crippen LogP contribution is -2.35. The second-order valence-electron chi connectivity index (χ2n) is 4.30. The summed E-state index contributed by atoms with van der Waals surface area (Å²) < 4.78 is 1.46. The van der Waals surface area contributed by atoms with E-state index in [0.29, 0.717) is 12.1 Å². The summed E-state index contributed by atoms with van der Waals surface area (Å²) >= 11 is 0. The molecule has 0 aliphatic heterocycles. The van der Waals surface area contributed by atoms with Gasteiger partial charge in [0.2, 0.25) is 5.91 Å². The standard InChI is InChI=1S/C13H21N3O2/c1-3-4-7-15-12(17)9-16-10(2)5-6-11(8-14)13(16)18/h5-6H,3-4,7-9,14H2,1-2H3,(H,15,17). The summed E-state index contributed by atoms with van der Waals surface area (Å²) in [7, 11) is 0. The van der Waals surface area contributed by atoms with Gasteiger partial charge in [-0.25, -0.2) is 0 Å². The molecule has 18 heavy (non-hydrogen) atoms. The molecule has 1 rings (SSSR count). The molecule has 1 amide bonds. The average Bonchev–Trinajstić information content (AvgIpc) is 2.35. The van der Waals surface area contributed by atoms with Crippen LogP contribution in [-0.4, -0.2) is 17.0 Å². The number of aryl methyl sites for hydroxylation is 1. The Labute approximate surface area is 107 Å². The highest BCUT2D eigenvalue weighted by Crippen LogP contribution is 1.98. The zero-order valence-corrected chi connectivity index (χ0v) is 11.0. The van der Waals surface area contributed by atoms with Crippen molar-refractivity contribution in [2.24, 2.45) is 5.73 Å². The van der Waals surface area contributed by atoms with E-state index in [9.17, 15) is 9.59 Å². The van der Waals surface area contributed by atoms with E-state index in [4.69, 9.17) is 5.73 Å². The fraction of sp³-hybridized carbons (Fsp3) is 0.538. The van der Waals surface area contributed by atoms with Crippen LogP contribution in [0.1, 0.15) is 31.0 Å². The molecule has 0 saturated carbocycles. The molecule has 0 radical (unpaired) electrons. The van der Waals surface area contributed by atoms with Gasteiger partial charge in [0.25, 0.3) is 5.56 Å². The normalized spacial score (nSPS) is 10.4. The lowest BCUT2D eigenvalue weighted by molar-refractivity contribution is -0.121. The van der Waals surface area contributed by atoms with E-state index in [1.165, 1.54) is 4.57 Å². The van der Waals surface area contributed by atoms with Gasteiger partial charge in [0.1, 0.15) is 6.54 Å². The van der Waals surface area contributed by atoms with Gasteiger partial charge in [-0.1, -0.05) is 19.4 Å². The van der Waals surface area contributed by atoms with E-state index < -0.39 is 0 Å². The minimum Gasteiger partial charge on any atom is -0.355 e. The van der Waals surface area contributed by atoms with Gasteiger partial charge >= 0.3 is 0 Å². The van der Waals surface area contributed by atoms with Gasteiger partial charge in [0, 0.05) is 24.3 Å². The maximum Gasteiger partial charge on any atom is 0.255 e. The maximum atomic E-state index is 12.0. The lowest BCUT2D eigenvalue weighted by atomic mass is 10.2. The van der Waals surface area contributed by atoms with Gasteiger partial charge in [-0.2, -0.15) is 0 Å². The van der Waals surface area contributed by atoms with Crippen LogP contribution in [0.15, 0.2) is 16.9 Å². The van der Waals surface area contributed by atoms with Gasteiger partial charge in [-0.15, -0.1) is 0 Å². The monoisotopic (exact) mass is 251 g/mol. The topological polar surface area (TPSA) is 77.1 Å². The maximum absolute atomic E-state index is 12.0. The van der Waals surface area contributed by atoms with Crippen LogP contribution >= 0.6 is 0 Å². The van der Waals surface area contributed by atoms with Gasteiger partial charge in [-0.05, 0) is 19.4 Å². The van der Waals surface area contributed by atoms with Crippen molar-refractivity contribution in [1.82, 2.24) is 9.88 Å². The number of nitrogens with one attached hydrogen (secondary N) is 1. The first-order valence-electron chi connectivity index (χ1n) is 6.26. The van der Waals surface area contributed by atoms with E-state index in [-0.39, 0.29) is 24.6 Å². The van der Waals surface area contributed by atoms with E-state index in [1.807, 2.05) is 6.07 Å². The van der Waals surface area contributed by atoms with Crippen LogP contribution in [-0.2, 0) is 17.9 Å². The Hall–Kier alpha value is -1.62. The molecule has 100 valence electrons. The molecule has 1 aromatic rings. The molecule has 0 aliphatic carbocycles. The summed E-state index contributed by atoms with van der Waals surface area (Å²) in [5.41, 5.74) is 6.60. The van der Waals surface area contributed by atoms with Crippen LogP contribution in [0.3, 0.4) is 0 Å². The Morgan fingerprint density at radius 2 is 2.17 bits per heavy atom. The van der Waals surface area contributed by atoms with E-state index in [0.717, 1.165) is 18.5 Å². The molecule has 0 atom stereocenters. The van der Waals surface area contributed by atoms with Crippen LogP contribution in [0.5, 0.6) is 0 Å². The summed E-state index contributed by atoms with van der Waals surface area (Å²) in [5, 5.41) is 2.79. The van der Waals surface area contributed by atoms with Gasteiger partial charge in [0.15, 0.2) is 0 Å². The Morgan fingerprint density at radius 3 is 2.78 bits per heavy atom. The third-order valence-corrected chi connectivity index (χ3v) is 2.85. The van der Waals surface area contributed by atoms with Crippen molar-refractivity contribution >= 4 is 5.91 Å². The van der Waals surface area contributed by atoms with E-state index in [1.54, 1.807) is 13.0 Å². The molecule has 1 heterocycles. The van der Waals surface area contributed by atoms with Crippen LogP contribution in [0.2, 0.25) is 0 Å². The van der Waals surface area contributed by atoms with Crippen molar-refractivity contribution < 1.29 is 4.79 Å². The molecule has 0 aliphatic rings. The van der Waals surface area contributed by atoms with E-state index >= 15 is 0 Å². The van der Waals surface area contributed by atoms with Crippen molar-refractivity contribution in [3.05, 3.63) is 33.7 Å². The SMILES string of the molecule is CCCCNC(=O)Cn1c(C)ccc(CN)c1=O. The summed E-state index contributed by atoms with van der Waals surface area (Å²) in [6.07, 6.45) is 1.98. The molecule has 1 aromatic heterocycles. The number of nitrogens with zero attached hydrogens (tertiary/aromatic N) is 1. The Morgan fingerprint density at radius 1 is 1.44 bits per heavy atom. The van der Waals surface area contributed by atoms with Crippen LogP contribution in [0.4, 0.5) is 0 Å². The first-order valence-corrected chi connectivity index (χ1v) is 6.26. The molecule has 0 unspecified atom stereocenters. The average molecular weight is 251 g/mol. The van der Waals surface area contributed by atoms with Crippen LogP contribution < -0.4 is 16.6 Å². The smallest absolute Gasteiger partial charge is 0.255 e. The van der Waals surface area contributed by atoms with Crippen molar-refractivity contribution in [3.63, 3.8) is 0 Å². The molecule has 3 N–H and O–H groups in total. The molecule has 0 aromatic carbocycles. The number of aromatic nitrogens is 1. The molecular formula is C13H21N3O2. The largest absolute Gasteiger partial charge is 0.355 e. The first kappa shape index (κ1) is 14.4. The van der Waals surface area contributed by atoms with Crippen molar-refractivity contribution in [3.8, 4) is 0 Å². The minimum absolute atomic E-state index is 0.0578. The summed E-state index contributed by atoms with van der Waals surface area (Å²) in [5.74, 6) is -0.136. The van der Waals surface area contributed by atoms with Crippen molar-refractivity contribution in [2.75, 3.05) is 6.54 Å². The number of hydrogen-bond acceptors (Lipinski definition) is 3. The summed E-state index contributed by atoms with van der Waals surface area (Å²) in [6.45, 7) is 4.77. The number of carbonyl (C=O) groups excluding carboxylic acids is 1. The second-order valence-corrected chi connectivity index (χ2v) is 4.30. The van der Waals surface area contributed by atoms with Crippen LogP contribution in [0, 0.1) is 6.92 Å². The number of amides is 1. The summed E-state index contributed by atoms with van der Waals surface area (Å²) in [6, 6.07) is 3.52. The highest BCUT2D eigenvalue weighted by Gasteiger charge is 2.08. The van der Waals surface area contributed by atoms with Crippen LogP contribution in [0.25, 0.3) is 0 Å². The Balaban J connectivity index is 2.78. The second kappa shape index (κ2) is 6.96. The Bertz CT molecular complexity index is 466. The number of hydrogen-bond donors (Lipinski definition) is 2. The molecular weight excluding hydrogens is 230 g/mol. The highest BCUT2D eigenvalue weighted by atomic mass is 16.2. The van der Waals surface area contributed by atoms with Crippen molar-refractivity contribution in [1.29, 1.82) is 0 Å². The van der Waals surface area contributed by atoms with Crippen molar-refractivity contribution in [2.45, 2.75) is 39.8 Å². The number of rotatable bonds is 6. The molecule has 0 spiro atoms. The predicted octanol–water partition coefficient (Wildman–Crippen LogP) is 0.532. The molecule has 0 saturated heterocycles.